The van der Waals surface area contributed by atoms with E-state index in [4.69, 9.17) is 4.74 Å². The summed E-state index contributed by atoms with van der Waals surface area (Å²) in [6.07, 6.45) is 0. The van der Waals surface area contributed by atoms with E-state index in [1.54, 1.807) is 12.1 Å². The van der Waals surface area contributed by atoms with Crippen LogP contribution < -0.4 is 4.74 Å². The number of ether oxygens (including phenoxy) is 1. The molecule has 1 N–H and O–H groups in total. The van der Waals surface area contributed by atoms with E-state index in [1.165, 1.54) is 5.56 Å². The van der Waals surface area contributed by atoms with Gasteiger partial charge in [0.2, 0.25) is 0 Å². The van der Waals surface area contributed by atoms with Crippen LogP contribution in [-0.4, -0.2) is 17.7 Å². The first-order valence-electron chi connectivity index (χ1n) is 7.13. The van der Waals surface area contributed by atoms with Crippen LogP contribution in [-0.2, 0) is 0 Å². The fourth-order valence-electron chi connectivity index (χ4n) is 2.24. The van der Waals surface area contributed by atoms with Crippen molar-refractivity contribution in [2.45, 2.75) is 26.7 Å². The van der Waals surface area contributed by atoms with Gasteiger partial charge in [-0.15, -0.1) is 0 Å². The number of carboxylic acids is 1. The molecule has 110 valence electrons. The first-order chi connectivity index (χ1) is 10.0. The lowest BCUT2D eigenvalue weighted by Crippen LogP contribution is -2.03. The van der Waals surface area contributed by atoms with Crippen LogP contribution in [0.2, 0.25) is 0 Å². The van der Waals surface area contributed by atoms with Crippen LogP contribution >= 0.6 is 0 Å². The van der Waals surface area contributed by atoms with Gasteiger partial charge in [0.25, 0.3) is 0 Å². The van der Waals surface area contributed by atoms with Crippen LogP contribution in [0.5, 0.6) is 5.75 Å². The van der Waals surface area contributed by atoms with E-state index in [-0.39, 0.29) is 5.56 Å². The number of carbonyl (C=O) groups is 1. The van der Waals surface area contributed by atoms with Crippen molar-refractivity contribution in [3.8, 4) is 16.9 Å². The first kappa shape index (κ1) is 15.1. The van der Waals surface area contributed by atoms with Crippen molar-refractivity contribution in [3.05, 3.63) is 53.6 Å². The van der Waals surface area contributed by atoms with E-state index in [9.17, 15) is 9.90 Å². The quantitative estimate of drug-likeness (QED) is 0.874. The summed E-state index contributed by atoms with van der Waals surface area (Å²) in [5.74, 6) is -0.124. The van der Waals surface area contributed by atoms with Crippen molar-refractivity contribution in [2.75, 3.05) is 6.61 Å². The zero-order valence-corrected chi connectivity index (χ0v) is 12.6. The van der Waals surface area contributed by atoms with Crippen molar-refractivity contribution in [3.63, 3.8) is 0 Å². The Kier molecular flexibility index (Phi) is 4.63. The zero-order valence-electron chi connectivity index (χ0n) is 12.6. The van der Waals surface area contributed by atoms with E-state index in [1.807, 2.05) is 25.1 Å². The highest BCUT2D eigenvalue weighted by Crippen LogP contribution is 2.28. The molecule has 0 spiro atoms. The highest BCUT2D eigenvalue weighted by molar-refractivity contribution is 5.92. The van der Waals surface area contributed by atoms with Crippen LogP contribution in [0, 0.1) is 0 Å². The molecule has 2 aromatic rings. The molecule has 0 bridgehead atoms. The van der Waals surface area contributed by atoms with Gasteiger partial charge in [-0.2, -0.15) is 0 Å². The van der Waals surface area contributed by atoms with Gasteiger partial charge in [-0.05, 0) is 41.7 Å². The summed E-state index contributed by atoms with van der Waals surface area (Å²) in [6, 6.07) is 13.5. The highest BCUT2D eigenvalue weighted by atomic mass is 16.5. The lowest BCUT2D eigenvalue weighted by Gasteiger charge is -2.11. The molecule has 0 atom stereocenters. The van der Waals surface area contributed by atoms with Crippen LogP contribution in [0.3, 0.4) is 0 Å². The van der Waals surface area contributed by atoms with Gasteiger partial charge < -0.3 is 9.84 Å². The SMILES string of the molecule is CCOc1ccc(-c2cccc(C(C)C)c2)cc1C(=O)O. The molecule has 0 fully saturated rings. The van der Waals surface area contributed by atoms with Gasteiger partial charge in [-0.25, -0.2) is 4.79 Å². The van der Waals surface area contributed by atoms with Crippen LogP contribution in [0.1, 0.15) is 42.6 Å². The van der Waals surface area contributed by atoms with Crippen molar-refractivity contribution in [1.29, 1.82) is 0 Å². The molecule has 0 aliphatic rings. The second-order valence-corrected chi connectivity index (χ2v) is 5.23. The van der Waals surface area contributed by atoms with Crippen LogP contribution in [0.4, 0.5) is 0 Å². The Balaban J connectivity index is 2.47. The molecule has 0 saturated heterocycles. The predicted octanol–water partition coefficient (Wildman–Crippen LogP) is 4.57. The van der Waals surface area contributed by atoms with Crippen LogP contribution in [0.15, 0.2) is 42.5 Å². The third-order valence-corrected chi connectivity index (χ3v) is 3.40. The molecular formula is C18H20O3. The minimum atomic E-state index is -0.972. The lowest BCUT2D eigenvalue weighted by atomic mass is 9.96. The Morgan fingerprint density at radius 3 is 2.48 bits per heavy atom. The van der Waals surface area contributed by atoms with E-state index in [0.29, 0.717) is 18.3 Å². The largest absolute Gasteiger partial charge is 0.493 e. The molecule has 0 saturated carbocycles. The van der Waals surface area contributed by atoms with E-state index >= 15 is 0 Å². The number of aromatic carboxylic acids is 1. The number of benzene rings is 2. The Labute approximate surface area is 125 Å². The van der Waals surface area contributed by atoms with E-state index in [2.05, 4.69) is 26.0 Å². The maximum Gasteiger partial charge on any atom is 0.339 e. The maximum absolute atomic E-state index is 11.4. The number of hydrogen-bond donors (Lipinski definition) is 1. The predicted molar refractivity (Wildman–Crippen MR) is 84.1 cm³/mol. The molecule has 0 heterocycles. The molecule has 0 amide bonds. The molecule has 21 heavy (non-hydrogen) atoms. The third kappa shape index (κ3) is 3.43. The molecule has 0 aliphatic heterocycles. The molecule has 0 aliphatic carbocycles. The molecule has 3 heteroatoms. The lowest BCUT2D eigenvalue weighted by molar-refractivity contribution is 0.0692. The minimum Gasteiger partial charge on any atom is -0.493 e. The summed E-state index contributed by atoms with van der Waals surface area (Å²) in [5, 5.41) is 9.33. The monoisotopic (exact) mass is 284 g/mol. The summed E-state index contributed by atoms with van der Waals surface area (Å²) in [5.41, 5.74) is 3.34. The minimum absolute atomic E-state index is 0.198. The Morgan fingerprint density at radius 2 is 1.86 bits per heavy atom. The Morgan fingerprint density at radius 1 is 1.14 bits per heavy atom. The van der Waals surface area contributed by atoms with Gasteiger partial charge in [0.05, 0.1) is 6.61 Å². The summed E-state index contributed by atoms with van der Waals surface area (Å²) >= 11 is 0. The molecule has 2 aromatic carbocycles. The highest BCUT2D eigenvalue weighted by Gasteiger charge is 2.13. The number of hydrogen-bond acceptors (Lipinski definition) is 2. The van der Waals surface area contributed by atoms with Crippen molar-refractivity contribution >= 4 is 5.97 Å². The van der Waals surface area contributed by atoms with Gasteiger partial charge in [0.15, 0.2) is 0 Å². The summed E-state index contributed by atoms with van der Waals surface area (Å²) in [4.78, 5) is 11.4. The standard InChI is InChI=1S/C18H20O3/c1-4-21-17-9-8-15(11-16(17)18(19)20)14-7-5-6-13(10-14)12(2)3/h5-12H,4H2,1-3H3,(H,19,20). The zero-order chi connectivity index (χ0) is 15.4. The number of rotatable bonds is 5. The van der Waals surface area contributed by atoms with Crippen molar-refractivity contribution in [1.82, 2.24) is 0 Å². The Hall–Kier alpha value is -2.29. The summed E-state index contributed by atoms with van der Waals surface area (Å²) in [6.45, 7) is 6.56. The van der Waals surface area contributed by atoms with Gasteiger partial charge in [0.1, 0.15) is 11.3 Å². The fourth-order valence-corrected chi connectivity index (χ4v) is 2.24. The average molecular weight is 284 g/mol. The first-order valence-corrected chi connectivity index (χ1v) is 7.13. The third-order valence-electron chi connectivity index (χ3n) is 3.40. The molecule has 0 aromatic heterocycles. The van der Waals surface area contributed by atoms with E-state index in [0.717, 1.165) is 11.1 Å². The second kappa shape index (κ2) is 6.44. The molecule has 0 unspecified atom stereocenters. The number of carboxylic acid groups (broad SMARTS) is 1. The molecular weight excluding hydrogens is 264 g/mol. The average Bonchev–Trinajstić information content (AvgIpc) is 2.48. The Bertz CT molecular complexity index is 645. The van der Waals surface area contributed by atoms with Gasteiger partial charge in [0, 0.05) is 0 Å². The smallest absolute Gasteiger partial charge is 0.339 e. The molecule has 0 radical (unpaired) electrons. The molecule has 2 rings (SSSR count). The van der Waals surface area contributed by atoms with Gasteiger partial charge >= 0.3 is 5.97 Å². The van der Waals surface area contributed by atoms with Gasteiger partial charge in [-0.1, -0.05) is 44.2 Å². The normalized spacial score (nSPS) is 10.7. The van der Waals surface area contributed by atoms with Gasteiger partial charge in [-0.3, -0.25) is 0 Å². The fraction of sp³-hybridized carbons (Fsp3) is 0.278. The maximum atomic E-state index is 11.4. The van der Waals surface area contributed by atoms with E-state index < -0.39 is 5.97 Å². The summed E-state index contributed by atoms with van der Waals surface area (Å²) < 4.78 is 5.37. The summed E-state index contributed by atoms with van der Waals surface area (Å²) in [7, 11) is 0. The topological polar surface area (TPSA) is 46.5 Å². The van der Waals surface area contributed by atoms with Crippen LogP contribution in [0.25, 0.3) is 11.1 Å². The molecule has 3 nitrogen and oxygen atoms in total. The van der Waals surface area contributed by atoms with Crippen molar-refractivity contribution in [2.24, 2.45) is 0 Å². The second-order valence-electron chi connectivity index (χ2n) is 5.23. The van der Waals surface area contributed by atoms with Crippen molar-refractivity contribution < 1.29 is 14.6 Å².